The topological polar surface area (TPSA) is 53.7 Å². The van der Waals surface area contributed by atoms with Gasteiger partial charge in [0.1, 0.15) is 0 Å². The maximum Gasteiger partial charge on any atom is 0.372 e. The highest BCUT2D eigenvalue weighted by Crippen LogP contribution is 2.26. The van der Waals surface area contributed by atoms with Crippen molar-refractivity contribution in [1.82, 2.24) is 4.90 Å². The molecule has 0 aliphatic carbocycles. The number of carboxylic acids is 1. The Balaban J connectivity index is 2.05. The molecule has 1 saturated heterocycles. The molecule has 1 aliphatic heterocycles. The van der Waals surface area contributed by atoms with Crippen molar-refractivity contribution in [3.8, 4) is 0 Å². The highest BCUT2D eigenvalue weighted by molar-refractivity contribution is 8.00. The molecule has 1 aromatic heterocycles. The van der Waals surface area contributed by atoms with Crippen LogP contribution < -0.4 is 0 Å². The van der Waals surface area contributed by atoms with Crippen molar-refractivity contribution >= 4 is 17.7 Å². The number of carboxylic acid groups (broad SMARTS) is 1. The molecule has 4 nitrogen and oxygen atoms in total. The van der Waals surface area contributed by atoms with E-state index in [1.54, 1.807) is 6.07 Å². The summed E-state index contributed by atoms with van der Waals surface area (Å²) in [6.45, 7) is 7.08. The van der Waals surface area contributed by atoms with Crippen molar-refractivity contribution in [2.24, 2.45) is 0 Å². The van der Waals surface area contributed by atoms with Gasteiger partial charge in [0.2, 0.25) is 5.76 Å². The van der Waals surface area contributed by atoms with Crippen molar-refractivity contribution in [2.45, 2.75) is 30.9 Å². The Morgan fingerprint density at radius 3 is 2.76 bits per heavy atom. The van der Waals surface area contributed by atoms with Gasteiger partial charge in [-0.25, -0.2) is 4.79 Å². The predicted octanol–water partition coefficient (Wildman–Crippen LogP) is 2.30. The van der Waals surface area contributed by atoms with Crippen LogP contribution in [0.2, 0.25) is 0 Å². The highest BCUT2D eigenvalue weighted by atomic mass is 32.2. The number of hydrogen-bond donors (Lipinski definition) is 1. The smallest absolute Gasteiger partial charge is 0.372 e. The van der Waals surface area contributed by atoms with Gasteiger partial charge in [-0.05, 0) is 6.07 Å². The van der Waals surface area contributed by atoms with Crippen LogP contribution in [0.5, 0.6) is 0 Å². The average molecular weight is 255 g/mol. The van der Waals surface area contributed by atoms with E-state index in [-0.39, 0.29) is 5.76 Å². The first-order valence-electron chi connectivity index (χ1n) is 5.73. The summed E-state index contributed by atoms with van der Waals surface area (Å²) in [7, 11) is 0. The molecule has 0 saturated carbocycles. The van der Waals surface area contributed by atoms with Crippen molar-refractivity contribution in [3.05, 3.63) is 23.7 Å². The lowest BCUT2D eigenvalue weighted by Crippen LogP contribution is -2.39. The van der Waals surface area contributed by atoms with E-state index >= 15 is 0 Å². The minimum atomic E-state index is -0.988. The van der Waals surface area contributed by atoms with Crippen molar-refractivity contribution in [2.75, 3.05) is 13.1 Å². The summed E-state index contributed by atoms with van der Waals surface area (Å²) in [5.74, 6) is -0.916. The van der Waals surface area contributed by atoms with Gasteiger partial charge < -0.3 is 9.52 Å². The van der Waals surface area contributed by atoms with Crippen molar-refractivity contribution in [3.63, 3.8) is 0 Å². The number of aromatic carboxylic acids is 1. The molecule has 0 aromatic carbocycles. The van der Waals surface area contributed by atoms with Crippen LogP contribution >= 0.6 is 11.8 Å². The van der Waals surface area contributed by atoms with E-state index in [2.05, 4.69) is 18.7 Å². The van der Waals surface area contributed by atoms with Gasteiger partial charge in [0.05, 0.1) is 6.26 Å². The molecule has 5 heteroatoms. The van der Waals surface area contributed by atoms with Crippen molar-refractivity contribution in [1.29, 1.82) is 0 Å². The molecule has 1 fully saturated rings. The molecule has 2 heterocycles. The lowest BCUT2D eigenvalue weighted by atomic mass is 10.2. The maximum atomic E-state index is 10.9. The summed E-state index contributed by atoms with van der Waals surface area (Å²) in [5.41, 5.74) is 0.767. The second kappa shape index (κ2) is 5.14. The quantitative estimate of drug-likeness (QED) is 0.898. The van der Waals surface area contributed by atoms with Crippen LogP contribution in [0.15, 0.2) is 16.7 Å². The van der Waals surface area contributed by atoms with Crippen LogP contribution in [0.4, 0.5) is 0 Å². The molecule has 1 aliphatic rings. The lowest BCUT2D eigenvalue weighted by Gasteiger charge is -2.34. The fourth-order valence-electron chi connectivity index (χ4n) is 2.30. The third-order valence-electron chi connectivity index (χ3n) is 2.83. The van der Waals surface area contributed by atoms with Crippen LogP contribution in [-0.4, -0.2) is 39.6 Å². The van der Waals surface area contributed by atoms with Gasteiger partial charge in [0, 0.05) is 35.7 Å². The summed E-state index contributed by atoms with van der Waals surface area (Å²) in [5, 5.41) is 10.2. The third-order valence-corrected chi connectivity index (χ3v) is 4.06. The van der Waals surface area contributed by atoms with Crippen LogP contribution in [0.25, 0.3) is 0 Å². The fourth-order valence-corrected chi connectivity index (χ4v) is 3.69. The van der Waals surface area contributed by atoms with Crippen LogP contribution in [0.3, 0.4) is 0 Å². The summed E-state index contributed by atoms with van der Waals surface area (Å²) >= 11 is 1.99. The number of hydrogen-bond acceptors (Lipinski definition) is 4. The van der Waals surface area contributed by atoms with E-state index in [0.717, 1.165) is 18.7 Å². The van der Waals surface area contributed by atoms with Crippen LogP contribution in [-0.2, 0) is 6.54 Å². The Labute approximate surface area is 105 Å². The van der Waals surface area contributed by atoms with Gasteiger partial charge in [-0.1, -0.05) is 13.8 Å². The molecule has 94 valence electrons. The first-order valence-corrected chi connectivity index (χ1v) is 6.68. The second-order valence-corrected chi connectivity index (χ2v) is 6.41. The maximum absolute atomic E-state index is 10.9. The van der Waals surface area contributed by atoms with E-state index in [4.69, 9.17) is 9.52 Å². The van der Waals surface area contributed by atoms with Gasteiger partial charge in [-0.2, -0.15) is 11.8 Å². The van der Waals surface area contributed by atoms with Gasteiger partial charge in [-0.3, -0.25) is 4.90 Å². The van der Waals surface area contributed by atoms with Gasteiger partial charge in [0.25, 0.3) is 0 Å². The Bertz CT molecular complexity index is 394. The summed E-state index contributed by atoms with van der Waals surface area (Å²) in [4.78, 5) is 13.2. The lowest BCUT2D eigenvalue weighted by molar-refractivity contribution is 0.0659. The molecular formula is C12H17NO3S. The molecule has 0 bridgehead atoms. The van der Waals surface area contributed by atoms with E-state index < -0.39 is 5.97 Å². The summed E-state index contributed by atoms with van der Waals surface area (Å²) < 4.78 is 4.99. The number of furan rings is 1. The molecule has 2 atom stereocenters. The van der Waals surface area contributed by atoms with E-state index in [1.807, 2.05) is 11.8 Å². The molecule has 0 spiro atoms. The molecular weight excluding hydrogens is 238 g/mol. The molecule has 2 rings (SSSR count). The van der Waals surface area contributed by atoms with Gasteiger partial charge in [0.15, 0.2) is 0 Å². The zero-order valence-electron chi connectivity index (χ0n) is 10.0. The second-order valence-electron chi connectivity index (χ2n) is 4.53. The monoisotopic (exact) mass is 255 g/mol. The molecule has 2 unspecified atom stereocenters. The summed E-state index contributed by atoms with van der Waals surface area (Å²) in [6, 6.07) is 1.75. The fraction of sp³-hybridized carbons (Fsp3) is 0.583. The predicted molar refractivity (Wildman–Crippen MR) is 67.5 cm³/mol. The minimum absolute atomic E-state index is 0.0727. The number of nitrogens with zero attached hydrogens (tertiary/aromatic N) is 1. The van der Waals surface area contributed by atoms with E-state index in [1.165, 1.54) is 6.26 Å². The third kappa shape index (κ3) is 3.04. The summed E-state index contributed by atoms with van der Waals surface area (Å²) in [6.07, 6.45) is 1.45. The highest BCUT2D eigenvalue weighted by Gasteiger charge is 2.24. The van der Waals surface area contributed by atoms with Crippen molar-refractivity contribution < 1.29 is 14.3 Å². The van der Waals surface area contributed by atoms with E-state index in [9.17, 15) is 4.79 Å². The standard InChI is InChI=1S/C12H17NO3S/c1-8-5-13(6-9(2)17-8)7-10-3-4-16-11(10)12(14)15/h3-4,8-9H,5-7H2,1-2H3,(H,14,15). The van der Waals surface area contributed by atoms with Crippen LogP contribution in [0, 0.1) is 0 Å². The van der Waals surface area contributed by atoms with Gasteiger partial charge >= 0.3 is 5.97 Å². The Kier molecular flexibility index (Phi) is 3.79. The SMILES string of the molecule is CC1CN(Cc2ccoc2C(=O)O)CC(C)S1. The Morgan fingerprint density at radius 1 is 1.53 bits per heavy atom. The number of carbonyl (C=O) groups is 1. The van der Waals surface area contributed by atoms with E-state index in [0.29, 0.717) is 17.0 Å². The number of rotatable bonds is 3. The van der Waals surface area contributed by atoms with Gasteiger partial charge in [-0.15, -0.1) is 0 Å². The normalized spacial score (nSPS) is 26.0. The molecule has 1 N–H and O–H groups in total. The Morgan fingerprint density at radius 2 is 2.18 bits per heavy atom. The zero-order chi connectivity index (χ0) is 12.4. The molecule has 17 heavy (non-hydrogen) atoms. The Hall–Kier alpha value is -0.940. The minimum Gasteiger partial charge on any atom is -0.475 e. The van der Waals surface area contributed by atoms with Crippen LogP contribution in [0.1, 0.15) is 30.0 Å². The average Bonchev–Trinajstić information content (AvgIpc) is 2.63. The number of thioether (sulfide) groups is 1. The first-order chi connectivity index (χ1) is 8.06. The first kappa shape index (κ1) is 12.5. The molecule has 0 radical (unpaired) electrons. The zero-order valence-corrected chi connectivity index (χ0v) is 10.9. The molecule has 1 aromatic rings. The molecule has 0 amide bonds. The largest absolute Gasteiger partial charge is 0.475 e.